The van der Waals surface area contributed by atoms with Gasteiger partial charge < -0.3 is 0 Å². The highest BCUT2D eigenvalue weighted by Gasteiger charge is 2.05. The first-order chi connectivity index (χ1) is 5.54. The molecule has 2 nitrogen and oxygen atoms in total. The Kier molecular flexibility index (Phi) is 2.80. The molecular formula is C8H10O2S2. The topological polar surface area (TPSA) is 34.1 Å². The lowest BCUT2D eigenvalue weighted by atomic mass is 10.2. The molecule has 0 aliphatic heterocycles. The fourth-order valence-corrected chi connectivity index (χ4v) is 1.76. The average Bonchev–Trinajstić information content (AvgIpc) is 2.03. The van der Waals surface area contributed by atoms with Crippen LogP contribution in [0.2, 0.25) is 0 Å². The molecule has 0 N–H and O–H groups in total. The van der Waals surface area contributed by atoms with E-state index in [9.17, 15) is 8.42 Å². The van der Waals surface area contributed by atoms with E-state index in [1.54, 1.807) is 18.2 Å². The molecule has 0 amide bonds. The van der Waals surface area contributed by atoms with Crippen molar-refractivity contribution in [1.82, 2.24) is 0 Å². The van der Waals surface area contributed by atoms with Gasteiger partial charge in [0.1, 0.15) is 0 Å². The molecule has 0 aliphatic carbocycles. The minimum atomic E-state index is -3.07. The van der Waals surface area contributed by atoms with Crippen molar-refractivity contribution in [2.24, 2.45) is 0 Å². The molecule has 0 saturated heterocycles. The van der Waals surface area contributed by atoms with E-state index in [0.29, 0.717) is 10.6 Å². The van der Waals surface area contributed by atoms with Gasteiger partial charge in [-0.3, -0.25) is 0 Å². The second-order valence-electron chi connectivity index (χ2n) is 2.58. The summed E-state index contributed by atoms with van der Waals surface area (Å²) in [7, 11) is -3.07. The zero-order valence-electron chi connectivity index (χ0n) is 6.69. The lowest BCUT2D eigenvalue weighted by molar-refractivity contribution is 0.602. The molecule has 0 saturated carbocycles. The molecule has 0 bridgehead atoms. The van der Waals surface area contributed by atoms with E-state index in [1.165, 1.54) is 6.26 Å². The Labute approximate surface area is 77.9 Å². The smallest absolute Gasteiger partial charge is 0.175 e. The minimum Gasteiger partial charge on any atom is -0.224 e. The van der Waals surface area contributed by atoms with Crippen LogP contribution in [0.4, 0.5) is 0 Å². The zero-order chi connectivity index (χ0) is 9.19. The summed E-state index contributed by atoms with van der Waals surface area (Å²) in [4.78, 5) is 0.356. The third-order valence-electron chi connectivity index (χ3n) is 1.51. The van der Waals surface area contributed by atoms with Crippen LogP contribution in [0.3, 0.4) is 0 Å². The van der Waals surface area contributed by atoms with Crippen molar-refractivity contribution in [2.45, 2.75) is 10.6 Å². The summed E-state index contributed by atoms with van der Waals surface area (Å²) in [5.74, 6) is 0.559. The normalized spacial score (nSPS) is 11.5. The van der Waals surface area contributed by atoms with Crippen LogP contribution >= 0.6 is 12.6 Å². The molecular weight excluding hydrogens is 192 g/mol. The fraction of sp³-hybridized carbons (Fsp3) is 0.250. The average molecular weight is 202 g/mol. The van der Waals surface area contributed by atoms with E-state index in [4.69, 9.17) is 0 Å². The standard InChI is InChI=1S/C8H10O2S2/c1-12(9,10)8-4-2-3-7(5-8)6-11/h2-5,11H,6H2,1H3. The molecule has 0 unspecified atom stereocenters. The van der Waals surface area contributed by atoms with Gasteiger partial charge in [-0.15, -0.1) is 0 Å². The van der Waals surface area contributed by atoms with Crippen molar-refractivity contribution in [3.05, 3.63) is 29.8 Å². The molecule has 1 rings (SSSR count). The van der Waals surface area contributed by atoms with E-state index in [-0.39, 0.29) is 0 Å². The predicted octanol–water partition coefficient (Wildman–Crippen LogP) is 1.52. The van der Waals surface area contributed by atoms with Crippen LogP contribution in [0, 0.1) is 0 Å². The summed E-state index contributed by atoms with van der Waals surface area (Å²) >= 11 is 4.06. The molecule has 0 spiro atoms. The highest BCUT2D eigenvalue weighted by Crippen LogP contribution is 2.12. The van der Waals surface area contributed by atoms with E-state index in [2.05, 4.69) is 12.6 Å². The van der Waals surface area contributed by atoms with Crippen molar-refractivity contribution in [1.29, 1.82) is 0 Å². The highest BCUT2D eigenvalue weighted by molar-refractivity contribution is 7.90. The first-order valence-corrected chi connectivity index (χ1v) is 5.96. The van der Waals surface area contributed by atoms with E-state index >= 15 is 0 Å². The van der Waals surface area contributed by atoms with Gasteiger partial charge in [0.15, 0.2) is 9.84 Å². The molecule has 0 radical (unpaired) electrons. The Morgan fingerprint density at radius 3 is 2.58 bits per heavy atom. The molecule has 0 aliphatic rings. The van der Waals surface area contributed by atoms with Crippen molar-refractivity contribution >= 4 is 22.5 Å². The Morgan fingerprint density at radius 2 is 2.08 bits per heavy atom. The molecule has 0 fully saturated rings. The molecule has 12 heavy (non-hydrogen) atoms. The van der Waals surface area contributed by atoms with Gasteiger partial charge in [0.25, 0.3) is 0 Å². The highest BCUT2D eigenvalue weighted by atomic mass is 32.2. The molecule has 1 aromatic rings. The van der Waals surface area contributed by atoms with E-state index in [0.717, 1.165) is 5.56 Å². The fourth-order valence-electron chi connectivity index (χ4n) is 0.874. The van der Waals surface area contributed by atoms with Crippen LogP contribution in [0.1, 0.15) is 5.56 Å². The first kappa shape index (κ1) is 9.61. The minimum absolute atomic E-state index is 0.356. The maximum absolute atomic E-state index is 11.1. The number of hydrogen-bond donors (Lipinski definition) is 1. The maximum Gasteiger partial charge on any atom is 0.175 e. The van der Waals surface area contributed by atoms with Gasteiger partial charge in [-0.1, -0.05) is 12.1 Å². The summed E-state index contributed by atoms with van der Waals surface area (Å²) in [6, 6.07) is 6.80. The van der Waals surface area contributed by atoms with Gasteiger partial charge in [-0.2, -0.15) is 12.6 Å². The molecule has 66 valence electrons. The van der Waals surface area contributed by atoms with Gasteiger partial charge in [0.05, 0.1) is 4.90 Å². The van der Waals surface area contributed by atoms with Crippen LogP contribution < -0.4 is 0 Å². The van der Waals surface area contributed by atoms with Crippen molar-refractivity contribution in [2.75, 3.05) is 6.26 Å². The Balaban J connectivity index is 3.20. The lowest BCUT2D eigenvalue weighted by Gasteiger charge is -1.99. The summed E-state index contributed by atoms with van der Waals surface area (Å²) < 4.78 is 22.2. The van der Waals surface area contributed by atoms with E-state index < -0.39 is 9.84 Å². The van der Waals surface area contributed by atoms with Gasteiger partial charge in [0.2, 0.25) is 0 Å². The summed E-state index contributed by atoms with van der Waals surface area (Å²) in [6.45, 7) is 0. The molecule has 0 aromatic heterocycles. The Morgan fingerprint density at radius 1 is 1.42 bits per heavy atom. The third-order valence-corrected chi connectivity index (χ3v) is 2.98. The number of sulfone groups is 1. The number of benzene rings is 1. The number of thiol groups is 1. The van der Waals surface area contributed by atoms with Crippen LogP contribution in [0.25, 0.3) is 0 Å². The molecule has 0 heterocycles. The second kappa shape index (κ2) is 3.49. The summed E-state index contributed by atoms with van der Waals surface area (Å²) in [5, 5.41) is 0. The van der Waals surface area contributed by atoms with Crippen LogP contribution in [0.15, 0.2) is 29.2 Å². The van der Waals surface area contributed by atoms with Gasteiger partial charge >= 0.3 is 0 Å². The second-order valence-corrected chi connectivity index (χ2v) is 4.91. The summed E-state index contributed by atoms with van der Waals surface area (Å²) in [5.41, 5.74) is 0.918. The molecule has 0 atom stereocenters. The van der Waals surface area contributed by atoms with Crippen LogP contribution in [0.5, 0.6) is 0 Å². The Bertz CT molecular complexity index is 368. The van der Waals surface area contributed by atoms with Crippen LogP contribution in [-0.4, -0.2) is 14.7 Å². The van der Waals surface area contributed by atoms with E-state index in [1.807, 2.05) is 6.07 Å². The summed E-state index contributed by atoms with van der Waals surface area (Å²) in [6.07, 6.45) is 1.20. The first-order valence-electron chi connectivity index (χ1n) is 3.44. The zero-order valence-corrected chi connectivity index (χ0v) is 8.40. The SMILES string of the molecule is CS(=O)(=O)c1cccc(CS)c1. The van der Waals surface area contributed by atoms with Gasteiger partial charge in [0, 0.05) is 12.0 Å². The predicted molar refractivity (Wildman–Crippen MR) is 52.2 cm³/mol. The quantitative estimate of drug-likeness (QED) is 0.738. The largest absolute Gasteiger partial charge is 0.224 e. The maximum atomic E-state index is 11.1. The van der Waals surface area contributed by atoms with Crippen molar-refractivity contribution < 1.29 is 8.42 Å². The third kappa shape index (κ3) is 2.25. The molecule has 1 aromatic carbocycles. The van der Waals surface area contributed by atoms with Crippen molar-refractivity contribution in [3.8, 4) is 0 Å². The molecule has 4 heteroatoms. The van der Waals surface area contributed by atoms with Gasteiger partial charge in [-0.25, -0.2) is 8.42 Å². The number of hydrogen-bond acceptors (Lipinski definition) is 3. The Hall–Kier alpha value is -0.480. The number of rotatable bonds is 2. The van der Waals surface area contributed by atoms with Crippen LogP contribution in [-0.2, 0) is 15.6 Å². The van der Waals surface area contributed by atoms with Gasteiger partial charge in [-0.05, 0) is 17.7 Å². The lowest BCUT2D eigenvalue weighted by Crippen LogP contribution is -1.97. The van der Waals surface area contributed by atoms with Crippen molar-refractivity contribution in [3.63, 3.8) is 0 Å². The monoisotopic (exact) mass is 202 g/mol.